The van der Waals surface area contributed by atoms with Gasteiger partial charge in [0, 0.05) is 35.8 Å². The van der Waals surface area contributed by atoms with E-state index in [4.69, 9.17) is 5.10 Å². The predicted octanol–water partition coefficient (Wildman–Crippen LogP) is 2.56. The summed E-state index contributed by atoms with van der Waals surface area (Å²) < 4.78 is 1.87. The second-order valence-corrected chi connectivity index (χ2v) is 8.01. The van der Waals surface area contributed by atoms with Gasteiger partial charge in [-0.15, -0.1) is 21.5 Å². The minimum absolute atomic E-state index is 0.300. The van der Waals surface area contributed by atoms with E-state index >= 15 is 0 Å². The van der Waals surface area contributed by atoms with E-state index in [1.54, 1.807) is 11.7 Å². The summed E-state index contributed by atoms with van der Waals surface area (Å²) in [5.74, 6) is 1.21. The quantitative estimate of drug-likeness (QED) is 0.543. The Labute approximate surface area is 171 Å². The molecule has 29 heavy (non-hydrogen) atoms. The first-order chi connectivity index (χ1) is 14.3. The first-order valence-corrected chi connectivity index (χ1v) is 10.6. The van der Waals surface area contributed by atoms with E-state index in [9.17, 15) is 5.11 Å². The molecule has 1 atom stereocenters. The molecule has 0 saturated carbocycles. The van der Waals surface area contributed by atoms with Crippen molar-refractivity contribution in [1.29, 1.82) is 0 Å². The van der Waals surface area contributed by atoms with Crippen molar-refractivity contribution in [1.82, 2.24) is 34.7 Å². The van der Waals surface area contributed by atoms with Crippen molar-refractivity contribution in [2.45, 2.75) is 24.9 Å². The topological polar surface area (TPSA) is 92.3 Å². The highest BCUT2D eigenvalue weighted by atomic mass is 32.1. The van der Waals surface area contributed by atoms with Gasteiger partial charge in [-0.1, -0.05) is 0 Å². The van der Waals surface area contributed by atoms with E-state index in [2.05, 4.69) is 25.1 Å². The van der Waals surface area contributed by atoms with E-state index in [-0.39, 0.29) is 0 Å². The number of aliphatic hydroxyl groups excluding tert-OH is 1. The van der Waals surface area contributed by atoms with E-state index in [0.29, 0.717) is 12.5 Å². The zero-order chi connectivity index (χ0) is 19.6. The van der Waals surface area contributed by atoms with Gasteiger partial charge in [0.25, 0.3) is 0 Å². The SMILES string of the molecule is OC(CN1CCC(c2nnc3ccc(-c4cccnc4)nn23)CC1)c1cscn1. The van der Waals surface area contributed by atoms with Crippen LogP contribution in [-0.4, -0.2) is 59.4 Å². The van der Waals surface area contributed by atoms with Gasteiger partial charge in [0.05, 0.1) is 16.9 Å². The molecule has 5 heterocycles. The molecule has 1 saturated heterocycles. The molecule has 0 radical (unpaired) electrons. The zero-order valence-corrected chi connectivity index (χ0v) is 16.6. The fourth-order valence-corrected chi connectivity index (χ4v) is 4.43. The third kappa shape index (κ3) is 3.76. The molecule has 1 unspecified atom stereocenters. The van der Waals surface area contributed by atoms with E-state index in [0.717, 1.165) is 54.4 Å². The number of aliphatic hydroxyl groups is 1. The summed E-state index contributed by atoms with van der Waals surface area (Å²) in [7, 11) is 0. The number of pyridine rings is 1. The van der Waals surface area contributed by atoms with Gasteiger partial charge in [-0.3, -0.25) is 4.98 Å². The molecule has 0 aromatic carbocycles. The van der Waals surface area contributed by atoms with Crippen molar-refractivity contribution in [2.24, 2.45) is 0 Å². The third-order valence-corrected chi connectivity index (χ3v) is 6.03. The van der Waals surface area contributed by atoms with Gasteiger partial charge in [-0.25, -0.2) is 4.98 Å². The Morgan fingerprint density at radius 3 is 2.83 bits per heavy atom. The van der Waals surface area contributed by atoms with Crippen LogP contribution < -0.4 is 0 Å². The molecule has 8 nitrogen and oxygen atoms in total. The number of hydrogen-bond acceptors (Lipinski definition) is 8. The van der Waals surface area contributed by atoms with E-state index in [1.165, 1.54) is 11.3 Å². The van der Waals surface area contributed by atoms with Crippen LogP contribution in [0, 0.1) is 0 Å². The molecule has 1 aliphatic heterocycles. The maximum atomic E-state index is 10.4. The molecule has 148 valence electrons. The Kier molecular flexibility index (Phi) is 5.01. The first-order valence-electron chi connectivity index (χ1n) is 9.69. The highest BCUT2D eigenvalue weighted by Gasteiger charge is 2.26. The molecule has 0 aliphatic carbocycles. The average Bonchev–Trinajstić information content (AvgIpc) is 3.45. The fourth-order valence-electron chi connectivity index (χ4n) is 3.83. The Bertz CT molecular complexity index is 1070. The van der Waals surface area contributed by atoms with Gasteiger partial charge >= 0.3 is 0 Å². The predicted molar refractivity (Wildman–Crippen MR) is 110 cm³/mol. The average molecular weight is 408 g/mol. The van der Waals surface area contributed by atoms with Crippen LogP contribution >= 0.6 is 11.3 Å². The van der Waals surface area contributed by atoms with Crippen LogP contribution in [-0.2, 0) is 0 Å². The first kappa shape index (κ1) is 18.3. The summed E-state index contributed by atoms with van der Waals surface area (Å²) in [6, 6.07) is 7.81. The highest BCUT2D eigenvalue weighted by molar-refractivity contribution is 7.07. The van der Waals surface area contributed by atoms with Crippen molar-refractivity contribution in [3.8, 4) is 11.3 Å². The van der Waals surface area contributed by atoms with Gasteiger partial charge in [0.1, 0.15) is 6.10 Å². The lowest BCUT2D eigenvalue weighted by Gasteiger charge is -2.32. The third-order valence-electron chi connectivity index (χ3n) is 5.42. The Morgan fingerprint density at radius 1 is 1.17 bits per heavy atom. The molecule has 1 aliphatic rings. The number of aromatic nitrogens is 6. The highest BCUT2D eigenvalue weighted by Crippen LogP contribution is 2.28. The number of thiazole rings is 1. The number of fused-ring (bicyclic) bond motifs is 1. The summed E-state index contributed by atoms with van der Waals surface area (Å²) in [6.07, 6.45) is 4.96. The number of piperidine rings is 1. The smallest absolute Gasteiger partial charge is 0.177 e. The van der Waals surface area contributed by atoms with Gasteiger partial charge in [-0.2, -0.15) is 9.61 Å². The summed E-state index contributed by atoms with van der Waals surface area (Å²) >= 11 is 1.51. The molecular weight excluding hydrogens is 386 g/mol. The van der Waals surface area contributed by atoms with Crippen molar-refractivity contribution in [3.05, 3.63) is 59.1 Å². The number of hydrogen-bond donors (Lipinski definition) is 1. The number of nitrogens with zero attached hydrogens (tertiary/aromatic N) is 7. The van der Waals surface area contributed by atoms with Crippen LogP contribution in [0.1, 0.15) is 36.4 Å². The lowest BCUT2D eigenvalue weighted by Crippen LogP contribution is -2.36. The summed E-state index contributed by atoms with van der Waals surface area (Å²) in [5.41, 5.74) is 5.10. The number of β-amino-alcohol motifs (C(OH)–C–C–N with tert-alkyl or cyclic N) is 1. The Morgan fingerprint density at radius 2 is 2.07 bits per heavy atom. The van der Waals surface area contributed by atoms with Crippen molar-refractivity contribution in [3.63, 3.8) is 0 Å². The molecule has 4 aromatic rings. The molecular formula is C20H21N7OS. The van der Waals surface area contributed by atoms with E-state index in [1.807, 2.05) is 40.4 Å². The van der Waals surface area contributed by atoms with Crippen LogP contribution in [0.15, 0.2) is 47.5 Å². The summed E-state index contributed by atoms with van der Waals surface area (Å²) in [4.78, 5) is 10.7. The normalized spacial score (nSPS) is 17.0. The van der Waals surface area contributed by atoms with Crippen molar-refractivity contribution >= 4 is 17.0 Å². The second-order valence-electron chi connectivity index (χ2n) is 7.29. The van der Waals surface area contributed by atoms with Gasteiger partial charge in [-0.05, 0) is 50.2 Å². The molecule has 4 aromatic heterocycles. The van der Waals surface area contributed by atoms with Gasteiger partial charge < -0.3 is 10.0 Å². The minimum atomic E-state index is -0.532. The summed E-state index contributed by atoms with van der Waals surface area (Å²) in [6.45, 7) is 2.42. The van der Waals surface area contributed by atoms with Gasteiger partial charge in [0.15, 0.2) is 11.5 Å². The van der Waals surface area contributed by atoms with Crippen LogP contribution in [0.25, 0.3) is 16.9 Å². The van der Waals surface area contributed by atoms with Crippen LogP contribution in [0.5, 0.6) is 0 Å². The Hall–Kier alpha value is -2.75. The van der Waals surface area contributed by atoms with E-state index < -0.39 is 6.10 Å². The molecule has 0 bridgehead atoms. The molecule has 1 fully saturated rings. The zero-order valence-electron chi connectivity index (χ0n) is 15.8. The van der Waals surface area contributed by atoms with Gasteiger partial charge in [0.2, 0.25) is 0 Å². The molecule has 5 rings (SSSR count). The largest absolute Gasteiger partial charge is 0.385 e. The maximum absolute atomic E-state index is 10.4. The number of rotatable bonds is 5. The van der Waals surface area contributed by atoms with Crippen LogP contribution in [0.3, 0.4) is 0 Å². The molecule has 0 amide bonds. The standard InChI is InChI=1S/C20H21N7OS/c28-18(17-12-29-13-22-17)11-26-8-5-14(6-9-26)20-24-23-19-4-3-16(25-27(19)20)15-2-1-7-21-10-15/h1-4,7,10,12-14,18,28H,5-6,8-9,11H2. The lowest BCUT2D eigenvalue weighted by molar-refractivity contribution is 0.0940. The second kappa shape index (κ2) is 7.94. The lowest BCUT2D eigenvalue weighted by atomic mass is 9.96. The van der Waals surface area contributed by atoms with Crippen LogP contribution in [0.4, 0.5) is 0 Å². The van der Waals surface area contributed by atoms with Crippen molar-refractivity contribution < 1.29 is 5.11 Å². The molecule has 9 heteroatoms. The maximum Gasteiger partial charge on any atom is 0.177 e. The molecule has 0 spiro atoms. The fraction of sp³-hybridized carbons (Fsp3) is 0.350. The van der Waals surface area contributed by atoms with Crippen molar-refractivity contribution in [2.75, 3.05) is 19.6 Å². The summed E-state index contributed by atoms with van der Waals surface area (Å²) in [5, 5.41) is 25.8. The Balaban J connectivity index is 1.30. The van der Waals surface area contributed by atoms with Crippen LogP contribution in [0.2, 0.25) is 0 Å². The number of likely N-dealkylation sites (tertiary alicyclic amines) is 1. The monoisotopic (exact) mass is 407 g/mol. The minimum Gasteiger partial charge on any atom is -0.385 e. The molecule has 1 N–H and O–H groups in total.